The first-order chi connectivity index (χ1) is 13.0. The maximum atomic E-state index is 11.9. The van der Waals surface area contributed by atoms with Gasteiger partial charge in [-0.05, 0) is 37.0 Å². The van der Waals surface area contributed by atoms with Crippen molar-refractivity contribution < 1.29 is 18.3 Å². The average Bonchev–Trinajstić information content (AvgIpc) is 3.48. The van der Waals surface area contributed by atoms with Gasteiger partial charge in [-0.1, -0.05) is 23.7 Å². The quantitative estimate of drug-likeness (QED) is 0.508. The summed E-state index contributed by atoms with van der Waals surface area (Å²) >= 11 is 3.93. The zero-order valence-electron chi connectivity index (χ0n) is 14.5. The van der Waals surface area contributed by atoms with Gasteiger partial charge in [-0.2, -0.15) is 0 Å². The number of rotatable bonds is 8. The van der Waals surface area contributed by atoms with Gasteiger partial charge in [-0.25, -0.2) is 14.8 Å². The molecular formula is C17H18ClN4O4S-. The number of nitrogens with one attached hydrogen (secondary N) is 2. The van der Waals surface area contributed by atoms with E-state index in [1.807, 2.05) is 12.1 Å². The summed E-state index contributed by atoms with van der Waals surface area (Å²) in [4.78, 5) is 20.6. The number of anilines is 2. The molecule has 3 rings (SSSR count). The molecule has 1 aromatic heterocycles. The molecule has 27 heavy (non-hydrogen) atoms. The molecule has 1 atom stereocenters. The third kappa shape index (κ3) is 5.15. The largest absolute Gasteiger partial charge is 0.755 e. The Bertz CT molecular complexity index is 859. The Labute approximate surface area is 164 Å². The van der Waals surface area contributed by atoms with Crippen molar-refractivity contribution in [2.45, 2.75) is 25.2 Å². The number of esters is 1. The minimum atomic E-state index is -2.34. The first kappa shape index (κ1) is 19.5. The minimum Gasteiger partial charge on any atom is -0.755 e. The molecule has 1 aromatic carbocycles. The van der Waals surface area contributed by atoms with Crippen LogP contribution in [0.1, 0.15) is 40.6 Å². The van der Waals surface area contributed by atoms with E-state index in [0.29, 0.717) is 30.3 Å². The fourth-order valence-corrected chi connectivity index (χ4v) is 3.06. The van der Waals surface area contributed by atoms with Crippen LogP contribution in [-0.4, -0.2) is 38.4 Å². The third-order valence-corrected chi connectivity index (χ3v) is 4.81. The number of carbonyl (C=O) groups excluding carboxylic acids is 1. The molecule has 1 saturated carbocycles. The molecule has 1 aliphatic rings. The Morgan fingerprint density at radius 1 is 1.33 bits per heavy atom. The van der Waals surface area contributed by atoms with Crippen molar-refractivity contribution in [2.75, 3.05) is 23.7 Å². The van der Waals surface area contributed by atoms with E-state index in [4.69, 9.17) is 16.3 Å². The van der Waals surface area contributed by atoms with Gasteiger partial charge in [0.1, 0.15) is 16.7 Å². The molecule has 10 heteroatoms. The Morgan fingerprint density at radius 2 is 2.04 bits per heavy atom. The van der Waals surface area contributed by atoms with E-state index in [1.165, 1.54) is 7.11 Å². The van der Waals surface area contributed by atoms with Gasteiger partial charge in [-0.15, -0.1) is 0 Å². The number of hydrogen-bond donors (Lipinski definition) is 2. The summed E-state index contributed by atoms with van der Waals surface area (Å²) in [7, 11) is 1.28. The summed E-state index contributed by atoms with van der Waals surface area (Å²) in [6.45, 7) is 0.529. The molecule has 2 N–H and O–H groups in total. The van der Waals surface area contributed by atoms with Gasteiger partial charge >= 0.3 is 5.97 Å². The fraction of sp³-hybridized carbons (Fsp3) is 0.353. The molecule has 0 radical (unpaired) electrons. The summed E-state index contributed by atoms with van der Waals surface area (Å²) in [5.74, 6) is 0.682. The van der Waals surface area contributed by atoms with E-state index in [9.17, 15) is 13.6 Å². The van der Waals surface area contributed by atoms with Crippen molar-refractivity contribution >= 4 is 40.3 Å². The molecule has 1 fully saturated rings. The number of carbonyl (C=O) groups is 1. The van der Waals surface area contributed by atoms with Gasteiger partial charge in [0.2, 0.25) is 0 Å². The molecule has 0 saturated heterocycles. The molecule has 8 nitrogen and oxygen atoms in total. The lowest BCUT2D eigenvalue weighted by Gasteiger charge is -2.12. The van der Waals surface area contributed by atoms with Gasteiger partial charge in [0, 0.05) is 29.4 Å². The summed E-state index contributed by atoms with van der Waals surface area (Å²) in [5, 5.41) is 3.29. The van der Waals surface area contributed by atoms with Crippen LogP contribution < -0.4 is 10.0 Å². The molecule has 0 amide bonds. The number of ether oxygens (including phenoxy) is 1. The number of benzene rings is 1. The maximum Gasteiger partial charge on any atom is 0.358 e. The maximum absolute atomic E-state index is 11.9. The van der Waals surface area contributed by atoms with E-state index >= 15 is 0 Å². The van der Waals surface area contributed by atoms with Gasteiger partial charge in [0.05, 0.1) is 7.11 Å². The molecule has 2 aromatic rings. The number of nitrogens with zero attached hydrogens (tertiary/aromatic N) is 2. The highest BCUT2D eigenvalue weighted by atomic mass is 35.5. The second-order valence-electron chi connectivity index (χ2n) is 6.07. The molecule has 1 aliphatic carbocycles. The highest BCUT2D eigenvalue weighted by molar-refractivity contribution is 7.80. The predicted octanol–water partition coefficient (Wildman–Crippen LogP) is 2.65. The van der Waals surface area contributed by atoms with Crippen molar-refractivity contribution in [1.82, 2.24) is 9.97 Å². The van der Waals surface area contributed by atoms with E-state index in [2.05, 4.69) is 20.0 Å². The van der Waals surface area contributed by atoms with Crippen LogP contribution in [0.5, 0.6) is 0 Å². The molecule has 0 bridgehead atoms. The zero-order chi connectivity index (χ0) is 19.4. The van der Waals surface area contributed by atoms with Crippen molar-refractivity contribution in [3.05, 3.63) is 46.4 Å². The van der Waals surface area contributed by atoms with Crippen LogP contribution in [0.25, 0.3) is 0 Å². The number of hydrogen-bond acceptors (Lipinski definition) is 7. The van der Waals surface area contributed by atoms with Crippen LogP contribution in [0.15, 0.2) is 24.3 Å². The van der Waals surface area contributed by atoms with Crippen molar-refractivity contribution in [2.24, 2.45) is 0 Å². The van der Waals surface area contributed by atoms with E-state index in [1.54, 1.807) is 12.1 Å². The predicted molar refractivity (Wildman–Crippen MR) is 102 cm³/mol. The second kappa shape index (κ2) is 8.64. The van der Waals surface area contributed by atoms with Crippen LogP contribution in [0.2, 0.25) is 5.02 Å². The van der Waals surface area contributed by atoms with Crippen molar-refractivity contribution in [3.63, 3.8) is 0 Å². The molecule has 0 spiro atoms. The van der Waals surface area contributed by atoms with Crippen LogP contribution in [0.3, 0.4) is 0 Å². The van der Waals surface area contributed by atoms with E-state index in [-0.39, 0.29) is 16.6 Å². The highest BCUT2D eigenvalue weighted by Crippen LogP contribution is 2.39. The summed E-state index contributed by atoms with van der Waals surface area (Å²) in [5.41, 5.74) is 1.57. The Morgan fingerprint density at radius 3 is 2.63 bits per heavy atom. The first-order valence-electron chi connectivity index (χ1n) is 8.32. The summed E-state index contributed by atoms with van der Waals surface area (Å²) in [6.07, 6.45) is 2.65. The van der Waals surface area contributed by atoms with Crippen LogP contribution in [-0.2, 0) is 22.4 Å². The topological polar surface area (TPSA) is 116 Å². The van der Waals surface area contributed by atoms with Crippen molar-refractivity contribution in [1.29, 1.82) is 0 Å². The Kier molecular flexibility index (Phi) is 6.25. The lowest BCUT2D eigenvalue weighted by Crippen LogP contribution is -2.14. The Hall–Kier alpha value is -2.23. The van der Waals surface area contributed by atoms with Crippen molar-refractivity contribution in [3.8, 4) is 0 Å². The van der Waals surface area contributed by atoms with Gasteiger partial charge in [-0.3, -0.25) is 4.21 Å². The average molecular weight is 410 g/mol. The SMILES string of the molecule is COC(=O)c1nc(C2CC2)nc(NCCc2ccc(NS(=O)[O-])cc2)c1Cl. The second-order valence-corrected chi connectivity index (χ2v) is 7.12. The first-order valence-corrected chi connectivity index (χ1v) is 9.77. The smallest absolute Gasteiger partial charge is 0.358 e. The monoisotopic (exact) mass is 409 g/mol. The lowest BCUT2D eigenvalue weighted by atomic mass is 10.1. The van der Waals surface area contributed by atoms with Crippen LogP contribution in [0.4, 0.5) is 11.5 Å². The van der Waals surface area contributed by atoms with Gasteiger partial charge in [0.15, 0.2) is 5.69 Å². The molecule has 1 heterocycles. The third-order valence-electron chi connectivity index (χ3n) is 4.05. The number of aromatic nitrogens is 2. The number of halogens is 1. The summed E-state index contributed by atoms with van der Waals surface area (Å²) in [6, 6.07) is 7.02. The highest BCUT2D eigenvalue weighted by Gasteiger charge is 2.30. The fourth-order valence-electron chi connectivity index (χ4n) is 2.50. The standard InChI is InChI=1S/C17H19ClN4O4S/c1-26-17(23)14-13(18)16(21-15(20-14)11-4-5-11)19-9-8-10-2-6-12(7-3-10)22-27(24)25/h2-3,6-7,11,22H,4-5,8-9H2,1H3,(H,24,25)(H,19,20,21)/p-1. The minimum absolute atomic E-state index is 0.0691. The number of methoxy groups -OCH3 is 1. The van der Waals surface area contributed by atoms with Gasteiger partial charge < -0.3 is 19.3 Å². The van der Waals surface area contributed by atoms with E-state index < -0.39 is 17.2 Å². The van der Waals surface area contributed by atoms with Crippen LogP contribution in [0, 0.1) is 0 Å². The molecule has 144 valence electrons. The Balaban J connectivity index is 1.67. The summed E-state index contributed by atoms with van der Waals surface area (Å²) < 4.78 is 28.3. The zero-order valence-corrected chi connectivity index (χ0v) is 16.1. The normalized spacial score (nSPS) is 14.5. The lowest BCUT2D eigenvalue weighted by molar-refractivity contribution is 0.0593. The molecule has 1 unspecified atom stereocenters. The molecule has 0 aliphatic heterocycles. The van der Waals surface area contributed by atoms with Crippen LogP contribution >= 0.6 is 11.6 Å². The van der Waals surface area contributed by atoms with E-state index in [0.717, 1.165) is 18.4 Å². The van der Waals surface area contributed by atoms with Gasteiger partial charge in [0.25, 0.3) is 0 Å². The molecular weight excluding hydrogens is 392 g/mol.